The second-order valence-corrected chi connectivity index (χ2v) is 13.1. The van der Waals surface area contributed by atoms with Crippen LogP contribution in [0, 0.1) is 0 Å². The lowest BCUT2D eigenvalue weighted by Gasteiger charge is -2.23. The molecule has 46 heavy (non-hydrogen) atoms. The molecule has 6 rings (SSSR count). The number of halogens is 2. The van der Waals surface area contributed by atoms with Crippen LogP contribution in [-0.2, 0) is 21.9 Å². The number of thioether (sulfide) groups is 1. The summed E-state index contributed by atoms with van der Waals surface area (Å²) >= 11 is 14.9. The van der Waals surface area contributed by atoms with Gasteiger partial charge in [0.2, 0.25) is 5.13 Å². The molecule has 1 atom stereocenters. The number of amides is 1. The number of rotatable bonds is 10. The molecule has 8 nitrogen and oxygen atoms in total. The third kappa shape index (κ3) is 6.61. The van der Waals surface area contributed by atoms with Crippen molar-refractivity contribution < 1.29 is 24.2 Å². The summed E-state index contributed by atoms with van der Waals surface area (Å²) in [6.45, 7) is 0.315. The van der Waals surface area contributed by atoms with Crippen LogP contribution in [0.1, 0.15) is 28.3 Å². The summed E-state index contributed by atoms with van der Waals surface area (Å²) in [5.74, 6) is -0.613. The number of aliphatic hydroxyl groups is 1. The van der Waals surface area contributed by atoms with Crippen LogP contribution in [0.25, 0.3) is 5.76 Å². The van der Waals surface area contributed by atoms with Gasteiger partial charge in [0, 0.05) is 21.4 Å². The second kappa shape index (κ2) is 14.0. The van der Waals surface area contributed by atoms with Gasteiger partial charge in [-0.3, -0.25) is 14.5 Å². The van der Waals surface area contributed by atoms with Gasteiger partial charge >= 0.3 is 5.91 Å². The van der Waals surface area contributed by atoms with Crippen molar-refractivity contribution in [3.63, 3.8) is 0 Å². The van der Waals surface area contributed by atoms with Crippen molar-refractivity contribution in [2.75, 3.05) is 12.0 Å². The number of aromatic nitrogens is 2. The van der Waals surface area contributed by atoms with Crippen LogP contribution in [0.5, 0.6) is 11.5 Å². The highest BCUT2D eigenvalue weighted by Gasteiger charge is 2.48. The lowest BCUT2D eigenvalue weighted by Crippen LogP contribution is -2.29. The number of aliphatic hydroxyl groups excluding tert-OH is 1. The van der Waals surface area contributed by atoms with E-state index >= 15 is 0 Å². The van der Waals surface area contributed by atoms with Crippen molar-refractivity contribution >= 4 is 68.9 Å². The van der Waals surface area contributed by atoms with Gasteiger partial charge in [0.1, 0.15) is 12.4 Å². The van der Waals surface area contributed by atoms with E-state index in [9.17, 15) is 14.7 Å². The zero-order valence-electron chi connectivity index (χ0n) is 24.2. The molecular formula is C34H25Cl2N3O5S2. The molecule has 0 spiro atoms. The molecule has 12 heteroatoms. The summed E-state index contributed by atoms with van der Waals surface area (Å²) in [4.78, 5) is 28.5. The smallest absolute Gasteiger partial charge is 0.301 e. The summed E-state index contributed by atoms with van der Waals surface area (Å²) in [6.07, 6.45) is 0. The quantitative estimate of drug-likeness (QED) is 0.0513. The molecule has 1 aromatic heterocycles. The molecule has 232 valence electrons. The van der Waals surface area contributed by atoms with Crippen LogP contribution >= 0.6 is 46.3 Å². The normalized spacial score (nSPS) is 15.7. The monoisotopic (exact) mass is 689 g/mol. The van der Waals surface area contributed by atoms with Crippen molar-refractivity contribution in [1.29, 1.82) is 0 Å². The predicted molar refractivity (Wildman–Crippen MR) is 181 cm³/mol. The second-order valence-electron chi connectivity index (χ2n) is 10.1. The van der Waals surface area contributed by atoms with Gasteiger partial charge in [-0.05, 0) is 41.0 Å². The van der Waals surface area contributed by atoms with E-state index in [-0.39, 0.29) is 16.5 Å². The van der Waals surface area contributed by atoms with E-state index in [1.807, 2.05) is 36.4 Å². The first-order valence-electron chi connectivity index (χ1n) is 14.0. The highest BCUT2D eigenvalue weighted by Crippen LogP contribution is 2.46. The van der Waals surface area contributed by atoms with E-state index in [1.54, 1.807) is 60.7 Å². The third-order valence-corrected chi connectivity index (χ3v) is 9.89. The van der Waals surface area contributed by atoms with Crippen LogP contribution in [0.15, 0.2) is 107 Å². The molecule has 1 unspecified atom stereocenters. The van der Waals surface area contributed by atoms with Crippen molar-refractivity contribution in [2.45, 2.75) is 22.7 Å². The Balaban J connectivity index is 1.37. The van der Waals surface area contributed by atoms with Crippen LogP contribution in [0.3, 0.4) is 0 Å². The number of ketones is 1. The van der Waals surface area contributed by atoms with Gasteiger partial charge in [-0.1, -0.05) is 119 Å². The van der Waals surface area contributed by atoms with E-state index in [0.29, 0.717) is 49.4 Å². The molecule has 0 radical (unpaired) electrons. The maximum Gasteiger partial charge on any atom is 0.301 e. The number of anilines is 1. The van der Waals surface area contributed by atoms with Crippen LogP contribution in [0.4, 0.5) is 5.13 Å². The molecule has 5 aromatic rings. The maximum absolute atomic E-state index is 13.7. The summed E-state index contributed by atoms with van der Waals surface area (Å²) < 4.78 is 12.3. The lowest BCUT2D eigenvalue weighted by molar-refractivity contribution is -0.132. The summed E-state index contributed by atoms with van der Waals surface area (Å²) in [7, 11) is 1.51. The fourth-order valence-electron chi connectivity index (χ4n) is 4.94. The first-order chi connectivity index (χ1) is 22.3. The number of nitrogens with zero attached hydrogens (tertiary/aromatic N) is 3. The molecule has 4 aromatic carbocycles. The van der Waals surface area contributed by atoms with Gasteiger partial charge in [0.05, 0.1) is 18.7 Å². The molecule has 0 bridgehead atoms. The van der Waals surface area contributed by atoms with E-state index in [1.165, 1.54) is 23.8 Å². The largest absolute Gasteiger partial charge is 0.507 e. The zero-order chi connectivity index (χ0) is 32.2. The summed E-state index contributed by atoms with van der Waals surface area (Å²) in [5.41, 5.74) is 2.67. The SMILES string of the molecule is COc1cc(C2/C(=C(/O)c3ccccc3)C(=O)C(=O)N2c2nnc(SCc3ccc(Cl)cc3Cl)s2)ccc1OCc1ccccc1. The molecule has 2 heterocycles. The lowest BCUT2D eigenvalue weighted by atomic mass is 9.95. The van der Waals surface area contributed by atoms with E-state index in [4.69, 9.17) is 32.7 Å². The zero-order valence-corrected chi connectivity index (χ0v) is 27.4. The summed E-state index contributed by atoms with van der Waals surface area (Å²) in [6, 6.07) is 27.7. The molecule has 0 aliphatic carbocycles. The topological polar surface area (TPSA) is 102 Å². The van der Waals surface area contributed by atoms with Gasteiger partial charge in [-0.2, -0.15) is 0 Å². The highest BCUT2D eigenvalue weighted by atomic mass is 35.5. The number of Topliss-reactive ketones (excluding diaryl/α,β-unsaturated/α-hetero) is 1. The van der Waals surface area contributed by atoms with Gasteiger partial charge in [0.15, 0.2) is 15.8 Å². The maximum atomic E-state index is 13.7. The van der Waals surface area contributed by atoms with Crippen LogP contribution < -0.4 is 14.4 Å². The standard InChI is InChI=1S/C34H25Cl2N3O5S2/c1-43-27-16-22(13-15-26(27)44-18-20-8-4-2-5-9-20)29-28(30(40)21-10-6-3-7-11-21)31(41)32(42)39(29)33-37-38-34(46-33)45-19-23-12-14-24(35)17-25(23)36/h2-17,29,40H,18-19H2,1H3/b30-28-. The van der Waals surface area contributed by atoms with Crippen molar-refractivity contribution in [3.8, 4) is 11.5 Å². The minimum atomic E-state index is -1.02. The first kappa shape index (κ1) is 31.6. The Bertz CT molecular complexity index is 1940. The van der Waals surface area contributed by atoms with Gasteiger partial charge in [-0.25, -0.2) is 0 Å². The van der Waals surface area contributed by atoms with E-state index in [0.717, 1.165) is 22.5 Å². The number of hydrogen-bond donors (Lipinski definition) is 1. The van der Waals surface area contributed by atoms with Gasteiger partial charge in [0.25, 0.3) is 5.78 Å². The minimum absolute atomic E-state index is 0.0754. The Morgan fingerprint density at radius 2 is 1.67 bits per heavy atom. The fraction of sp³-hybridized carbons (Fsp3) is 0.118. The molecule has 1 fully saturated rings. The fourth-order valence-corrected chi connectivity index (χ4v) is 7.37. The predicted octanol–water partition coefficient (Wildman–Crippen LogP) is 8.35. The van der Waals surface area contributed by atoms with Crippen molar-refractivity contribution in [1.82, 2.24) is 10.2 Å². The van der Waals surface area contributed by atoms with Crippen LogP contribution in [0.2, 0.25) is 10.0 Å². The Labute approximate surface area is 283 Å². The molecule has 1 amide bonds. The molecule has 1 aliphatic rings. The highest BCUT2D eigenvalue weighted by molar-refractivity contribution is 8.00. The molecule has 1 aliphatic heterocycles. The number of carbonyl (C=O) groups excluding carboxylic acids is 2. The first-order valence-corrected chi connectivity index (χ1v) is 16.5. The molecule has 1 N–H and O–H groups in total. The average molecular weight is 691 g/mol. The van der Waals surface area contributed by atoms with Crippen molar-refractivity contribution in [2.24, 2.45) is 0 Å². The Morgan fingerprint density at radius 1 is 0.935 bits per heavy atom. The molecular weight excluding hydrogens is 665 g/mol. The number of ether oxygens (including phenoxy) is 2. The number of hydrogen-bond acceptors (Lipinski definition) is 9. The molecule has 0 saturated carbocycles. The Morgan fingerprint density at radius 3 is 2.39 bits per heavy atom. The molecule has 1 saturated heterocycles. The van der Waals surface area contributed by atoms with Crippen LogP contribution in [-0.4, -0.2) is 34.1 Å². The van der Waals surface area contributed by atoms with E-state index < -0.39 is 17.7 Å². The number of benzene rings is 4. The number of carbonyl (C=O) groups is 2. The van der Waals surface area contributed by atoms with Gasteiger partial charge in [-0.15, -0.1) is 10.2 Å². The van der Waals surface area contributed by atoms with E-state index in [2.05, 4.69) is 10.2 Å². The van der Waals surface area contributed by atoms with Gasteiger partial charge < -0.3 is 14.6 Å². The third-order valence-electron chi connectivity index (χ3n) is 7.20. The Kier molecular flexibility index (Phi) is 9.60. The Hall–Kier alpha value is -4.35. The average Bonchev–Trinajstić information content (AvgIpc) is 3.65. The summed E-state index contributed by atoms with van der Waals surface area (Å²) in [5, 5.41) is 21.2. The minimum Gasteiger partial charge on any atom is -0.507 e. The van der Waals surface area contributed by atoms with Crippen molar-refractivity contribution in [3.05, 3.63) is 135 Å². The number of methoxy groups -OCH3 is 1.